The number of fused-ring (bicyclic) bond motifs is 6. The Balaban J connectivity index is 0.948. The van der Waals surface area contributed by atoms with Gasteiger partial charge in [0.15, 0.2) is 17.5 Å². The van der Waals surface area contributed by atoms with E-state index in [1.807, 2.05) is 66.7 Å². The third-order valence-electron chi connectivity index (χ3n) is 12.2. The van der Waals surface area contributed by atoms with Gasteiger partial charge in [0, 0.05) is 62.2 Å². The molecule has 0 aliphatic carbocycles. The van der Waals surface area contributed by atoms with Crippen molar-refractivity contribution >= 4 is 65.9 Å². The van der Waals surface area contributed by atoms with Gasteiger partial charge in [-0.05, 0) is 77.4 Å². The van der Waals surface area contributed by atoms with Crippen LogP contribution in [0.15, 0.2) is 225 Å². The number of allylic oxidation sites excluding steroid dienone is 4. The first kappa shape index (κ1) is 39.1. The van der Waals surface area contributed by atoms with Gasteiger partial charge in [0.05, 0.1) is 21.3 Å². The van der Waals surface area contributed by atoms with Gasteiger partial charge in [-0.2, -0.15) is 0 Å². The molecule has 0 atom stereocenters. The van der Waals surface area contributed by atoms with Gasteiger partial charge in [0.2, 0.25) is 0 Å². The molecule has 66 heavy (non-hydrogen) atoms. The predicted molar refractivity (Wildman–Crippen MR) is 275 cm³/mol. The van der Waals surface area contributed by atoms with Crippen LogP contribution in [-0.4, -0.2) is 31.0 Å². The standard InChI is InChI=1S/C59H40N6S/c1-39-36-43(44-31-34-53-50(38-44)49-32-33-51-55(54(49)65(53)46-26-12-5-13-27-46)66-59(60-51)42-22-10-4-11-23-42)25-17-35-64(52-30-15-14-29-48(39)52)47-28-16-24-45(37-47)58-62-56(40-18-6-2-7-19-40)61-57(63-58)41-20-8-3-9-21-41/h2-34,36-38H,1,35H2/b25-17-,43-36+. The Morgan fingerprint density at radius 2 is 1.09 bits per heavy atom. The number of benzene rings is 8. The lowest BCUT2D eigenvalue weighted by Crippen LogP contribution is -2.18. The third kappa shape index (κ3) is 7.08. The van der Waals surface area contributed by atoms with E-state index in [2.05, 4.69) is 168 Å². The fourth-order valence-corrected chi connectivity index (χ4v) is 10.2. The Bertz CT molecular complexity index is 3630. The highest BCUT2D eigenvalue weighted by Crippen LogP contribution is 2.43. The topological polar surface area (TPSA) is 59.7 Å². The van der Waals surface area contributed by atoms with Gasteiger partial charge in [-0.15, -0.1) is 11.3 Å². The van der Waals surface area contributed by atoms with Crippen molar-refractivity contribution in [3.8, 4) is 50.4 Å². The van der Waals surface area contributed by atoms with Gasteiger partial charge < -0.3 is 9.47 Å². The lowest BCUT2D eigenvalue weighted by atomic mass is 9.97. The van der Waals surface area contributed by atoms with Crippen LogP contribution in [0.4, 0.5) is 11.4 Å². The summed E-state index contributed by atoms with van der Waals surface area (Å²) in [5.74, 6) is 1.88. The van der Waals surface area contributed by atoms with Crippen molar-refractivity contribution in [2.24, 2.45) is 0 Å². The summed E-state index contributed by atoms with van der Waals surface area (Å²) in [4.78, 5) is 22.5. The summed E-state index contributed by atoms with van der Waals surface area (Å²) in [7, 11) is 0. The molecule has 312 valence electrons. The molecule has 0 radical (unpaired) electrons. The molecule has 0 amide bonds. The molecule has 8 aromatic carbocycles. The smallest absolute Gasteiger partial charge is 0.164 e. The molecule has 4 heterocycles. The van der Waals surface area contributed by atoms with Crippen molar-refractivity contribution in [1.29, 1.82) is 0 Å². The van der Waals surface area contributed by atoms with Crippen molar-refractivity contribution in [1.82, 2.24) is 24.5 Å². The number of thiazole rings is 1. The van der Waals surface area contributed by atoms with Gasteiger partial charge in [-0.3, -0.25) is 0 Å². The molecule has 11 aromatic rings. The number of aromatic nitrogens is 5. The van der Waals surface area contributed by atoms with Gasteiger partial charge in [0.25, 0.3) is 0 Å². The van der Waals surface area contributed by atoms with E-state index in [-0.39, 0.29) is 0 Å². The zero-order valence-electron chi connectivity index (χ0n) is 35.8. The quantitative estimate of drug-likeness (QED) is 0.160. The predicted octanol–water partition coefficient (Wildman–Crippen LogP) is 15.1. The van der Waals surface area contributed by atoms with Gasteiger partial charge in [0.1, 0.15) is 5.01 Å². The van der Waals surface area contributed by atoms with Gasteiger partial charge >= 0.3 is 0 Å². The van der Waals surface area contributed by atoms with E-state index in [9.17, 15) is 0 Å². The number of rotatable bonds is 7. The van der Waals surface area contributed by atoms with E-state index >= 15 is 0 Å². The van der Waals surface area contributed by atoms with Crippen molar-refractivity contribution in [3.63, 3.8) is 0 Å². The largest absolute Gasteiger partial charge is 0.337 e. The second-order valence-electron chi connectivity index (χ2n) is 16.3. The van der Waals surface area contributed by atoms with Gasteiger partial charge in [-0.1, -0.05) is 164 Å². The number of nitrogens with zero attached hydrogens (tertiary/aromatic N) is 6. The maximum Gasteiger partial charge on any atom is 0.164 e. The summed E-state index contributed by atoms with van der Waals surface area (Å²) < 4.78 is 3.58. The first-order chi connectivity index (χ1) is 32.6. The number of anilines is 2. The zero-order chi connectivity index (χ0) is 44.0. The SMILES string of the molecule is C=C1/C=C(c2ccc3c(c2)c2ccc4nc(-c5ccccc5)sc4c2n3-c2ccccc2)\C=C/CN(c2cccc(-c3nc(-c4ccccc4)nc(-c4ccccc4)n3)c2)c2ccccc21. The van der Waals surface area contributed by atoms with Crippen LogP contribution in [0.25, 0.3) is 93.6 Å². The van der Waals surface area contributed by atoms with E-state index in [0.29, 0.717) is 24.0 Å². The first-order valence-corrected chi connectivity index (χ1v) is 22.8. The Kier molecular flexibility index (Phi) is 9.81. The number of para-hydroxylation sites is 2. The van der Waals surface area contributed by atoms with Crippen LogP contribution >= 0.6 is 11.3 Å². The Morgan fingerprint density at radius 1 is 0.485 bits per heavy atom. The van der Waals surface area contributed by atoms with Crippen molar-refractivity contribution in [2.45, 2.75) is 0 Å². The second kappa shape index (κ2) is 16.6. The molecule has 0 fully saturated rings. The normalized spacial score (nSPS) is 14.1. The van der Waals surface area contributed by atoms with E-state index < -0.39 is 0 Å². The highest BCUT2D eigenvalue weighted by Gasteiger charge is 2.21. The third-order valence-corrected chi connectivity index (χ3v) is 13.3. The molecule has 0 saturated heterocycles. The number of hydrogen-bond donors (Lipinski definition) is 0. The molecule has 7 heteroatoms. The van der Waals surface area contributed by atoms with Crippen LogP contribution in [0.3, 0.4) is 0 Å². The average Bonchev–Trinajstić information content (AvgIpc) is 3.99. The summed E-state index contributed by atoms with van der Waals surface area (Å²) >= 11 is 1.75. The average molecular weight is 865 g/mol. The molecule has 0 unspecified atom stereocenters. The monoisotopic (exact) mass is 864 g/mol. The lowest BCUT2D eigenvalue weighted by molar-refractivity contribution is 1.07. The highest BCUT2D eigenvalue weighted by molar-refractivity contribution is 7.22. The fourth-order valence-electron chi connectivity index (χ4n) is 9.07. The summed E-state index contributed by atoms with van der Waals surface area (Å²) in [6, 6.07) is 69.6. The maximum absolute atomic E-state index is 5.13. The van der Waals surface area contributed by atoms with Crippen LogP contribution in [0.1, 0.15) is 11.1 Å². The molecule has 0 saturated carbocycles. The highest BCUT2D eigenvalue weighted by atomic mass is 32.1. The van der Waals surface area contributed by atoms with Crippen LogP contribution in [0.2, 0.25) is 0 Å². The van der Waals surface area contributed by atoms with Crippen LogP contribution in [-0.2, 0) is 0 Å². The first-order valence-electron chi connectivity index (χ1n) is 22.0. The Morgan fingerprint density at radius 3 is 1.80 bits per heavy atom. The fraction of sp³-hybridized carbons (Fsp3) is 0.0169. The van der Waals surface area contributed by atoms with Crippen LogP contribution < -0.4 is 4.90 Å². The molecule has 0 bridgehead atoms. The minimum absolute atomic E-state index is 0.614. The van der Waals surface area contributed by atoms with Crippen LogP contribution in [0.5, 0.6) is 0 Å². The Hall–Kier alpha value is -8.52. The van der Waals surface area contributed by atoms with E-state index in [1.54, 1.807) is 11.3 Å². The molecule has 1 aliphatic heterocycles. The lowest BCUT2D eigenvalue weighted by Gasteiger charge is -2.26. The van der Waals surface area contributed by atoms with E-state index in [0.717, 1.165) is 77.6 Å². The summed E-state index contributed by atoms with van der Waals surface area (Å²) in [6.07, 6.45) is 6.71. The van der Waals surface area contributed by atoms with Crippen molar-refractivity contribution in [2.75, 3.05) is 11.4 Å². The summed E-state index contributed by atoms with van der Waals surface area (Å²) in [6.45, 7) is 5.31. The van der Waals surface area contributed by atoms with E-state index in [1.165, 1.54) is 21.0 Å². The minimum atomic E-state index is 0.614. The molecule has 0 N–H and O–H groups in total. The molecule has 1 aliphatic rings. The summed E-state index contributed by atoms with van der Waals surface area (Å²) in [5.41, 5.74) is 14.6. The van der Waals surface area contributed by atoms with E-state index in [4.69, 9.17) is 19.9 Å². The molecule has 0 spiro atoms. The minimum Gasteiger partial charge on any atom is -0.337 e. The van der Waals surface area contributed by atoms with Crippen molar-refractivity contribution in [3.05, 3.63) is 236 Å². The molecule has 3 aromatic heterocycles. The molecule has 12 rings (SSSR count). The number of hydrogen-bond acceptors (Lipinski definition) is 6. The molecule has 6 nitrogen and oxygen atoms in total. The van der Waals surface area contributed by atoms with Gasteiger partial charge in [-0.25, -0.2) is 19.9 Å². The van der Waals surface area contributed by atoms with Crippen LogP contribution in [0, 0.1) is 0 Å². The molecular weight excluding hydrogens is 825 g/mol. The maximum atomic E-state index is 5.13. The second-order valence-corrected chi connectivity index (χ2v) is 17.3. The Labute approximate surface area is 386 Å². The zero-order valence-corrected chi connectivity index (χ0v) is 36.6. The van der Waals surface area contributed by atoms with Crippen molar-refractivity contribution < 1.29 is 0 Å². The summed E-state index contributed by atoms with van der Waals surface area (Å²) in [5, 5.41) is 3.40. The molecular formula is C59H40N6S.